The summed E-state index contributed by atoms with van der Waals surface area (Å²) in [5, 5.41) is 11.8. The fourth-order valence-electron chi connectivity index (χ4n) is 3.27. The lowest BCUT2D eigenvalue weighted by molar-refractivity contribution is -0.139. The number of aliphatic carboxylic acids is 1. The van der Waals surface area contributed by atoms with Crippen molar-refractivity contribution in [3.63, 3.8) is 0 Å². The van der Waals surface area contributed by atoms with Crippen LogP contribution in [-0.2, 0) is 4.79 Å². The van der Waals surface area contributed by atoms with Gasteiger partial charge >= 0.3 is 12.0 Å². The van der Waals surface area contributed by atoms with Gasteiger partial charge in [-0.05, 0) is 19.4 Å². The van der Waals surface area contributed by atoms with E-state index in [0.29, 0.717) is 32.7 Å². The third kappa shape index (κ3) is 5.27. The molecular formula is C15H26F2N4O3. The molecule has 2 fully saturated rings. The Hall–Kier alpha value is -1.48. The molecule has 2 amide bonds. The summed E-state index contributed by atoms with van der Waals surface area (Å²) in [5.41, 5.74) is 0. The van der Waals surface area contributed by atoms with Gasteiger partial charge in [0, 0.05) is 38.3 Å². The Morgan fingerprint density at radius 3 is 2.38 bits per heavy atom. The van der Waals surface area contributed by atoms with Gasteiger partial charge in [-0.25, -0.2) is 13.6 Å². The lowest BCUT2D eigenvalue weighted by Gasteiger charge is -2.43. The van der Waals surface area contributed by atoms with Gasteiger partial charge < -0.3 is 15.3 Å². The molecule has 1 heterocycles. The lowest BCUT2D eigenvalue weighted by atomic mass is 9.85. The fourth-order valence-corrected chi connectivity index (χ4v) is 3.27. The molecule has 0 aromatic rings. The summed E-state index contributed by atoms with van der Waals surface area (Å²) >= 11 is 0. The lowest BCUT2D eigenvalue weighted by Crippen LogP contribution is -2.59. The van der Waals surface area contributed by atoms with Gasteiger partial charge in [-0.15, -0.1) is 0 Å². The number of urea groups is 1. The van der Waals surface area contributed by atoms with Crippen molar-refractivity contribution < 1.29 is 23.5 Å². The SMILES string of the molecule is CCN(CC(=O)O)C1CC(NC(=O)N2CCN(CC(F)F)CC2)C1. The molecule has 2 N–H and O–H groups in total. The molecule has 24 heavy (non-hydrogen) atoms. The van der Waals surface area contributed by atoms with Crippen LogP contribution in [0.5, 0.6) is 0 Å². The molecule has 0 bridgehead atoms. The molecule has 1 saturated heterocycles. The second-order valence-corrected chi connectivity index (χ2v) is 6.41. The molecule has 1 aliphatic carbocycles. The van der Waals surface area contributed by atoms with Gasteiger partial charge in [0.15, 0.2) is 0 Å². The predicted octanol–water partition coefficient (Wildman–Crippen LogP) is 0.516. The zero-order valence-electron chi connectivity index (χ0n) is 14.0. The number of rotatable bonds is 7. The van der Waals surface area contributed by atoms with E-state index < -0.39 is 12.4 Å². The number of carboxylic acid groups (broad SMARTS) is 1. The van der Waals surface area contributed by atoms with E-state index in [-0.39, 0.29) is 31.2 Å². The van der Waals surface area contributed by atoms with E-state index in [9.17, 15) is 18.4 Å². The largest absolute Gasteiger partial charge is 0.480 e. The standard InChI is InChI=1S/C15H26F2N4O3/c1-2-20(10-14(22)23)12-7-11(8-12)18-15(24)21-5-3-19(4-6-21)9-13(16)17/h11-13H,2-10H2,1H3,(H,18,24)(H,22,23). The summed E-state index contributed by atoms with van der Waals surface area (Å²) in [6.45, 7) is 4.21. The Labute approximate surface area is 140 Å². The van der Waals surface area contributed by atoms with Crippen LogP contribution < -0.4 is 5.32 Å². The van der Waals surface area contributed by atoms with Crippen molar-refractivity contribution in [3.8, 4) is 0 Å². The highest BCUT2D eigenvalue weighted by Crippen LogP contribution is 2.25. The molecule has 9 heteroatoms. The second kappa shape index (κ2) is 8.57. The summed E-state index contributed by atoms with van der Waals surface area (Å²) in [6, 6.07) is 0.0974. The third-order valence-corrected chi connectivity index (χ3v) is 4.76. The van der Waals surface area contributed by atoms with E-state index >= 15 is 0 Å². The van der Waals surface area contributed by atoms with E-state index in [1.807, 2.05) is 11.8 Å². The van der Waals surface area contributed by atoms with Crippen LogP contribution >= 0.6 is 0 Å². The van der Waals surface area contributed by atoms with Gasteiger partial charge in [-0.2, -0.15) is 0 Å². The first kappa shape index (κ1) is 18.9. The number of carbonyl (C=O) groups excluding carboxylic acids is 1. The summed E-state index contributed by atoms with van der Waals surface area (Å²) in [6.07, 6.45) is -0.847. The first-order valence-corrected chi connectivity index (χ1v) is 8.40. The van der Waals surface area contributed by atoms with Crippen molar-refractivity contribution in [1.29, 1.82) is 0 Å². The first-order valence-electron chi connectivity index (χ1n) is 8.40. The summed E-state index contributed by atoms with van der Waals surface area (Å²) in [4.78, 5) is 28.2. The number of alkyl halides is 2. The highest BCUT2D eigenvalue weighted by atomic mass is 19.3. The maximum atomic E-state index is 12.3. The van der Waals surface area contributed by atoms with Crippen LogP contribution in [-0.4, -0.2) is 96.1 Å². The highest BCUT2D eigenvalue weighted by Gasteiger charge is 2.35. The number of likely N-dealkylation sites (N-methyl/N-ethyl adjacent to an activating group) is 1. The molecule has 7 nitrogen and oxygen atoms in total. The molecule has 0 atom stereocenters. The van der Waals surface area contributed by atoms with Crippen LogP contribution in [0.2, 0.25) is 0 Å². The van der Waals surface area contributed by atoms with E-state index in [2.05, 4.69) is 5.32 Å². The monoisotopic (exact) mass is 348 g/mol. The Kier molecular flexibility index (Phi) is 6.73. The van der Waals surface area contributed by atoms with Crippen LogP contribution in [0.4, 0.5) is 13.6 Å². The Morgan fingerprint density at radius 1 is 1.25 bits per heavy atom. The van der Waals surface area contributed by atoms with Gasteiger partial charge in [0.25, 0.3) is 6.43 Å². The summed E-state index contributed by atoms with van der Waals surface area (Å²) < 4.78 is 24.7. The topological polar surface area (TPSA) is 76.1 Å². The van der Waals surface area contributed by atoms with E-state index in [0.717, 1.165) is 12.8 Å². The summed E-state index contributed by atoms with van der Waals surface area (Å²) in [7, 11) is 0. The number of amides is 2. The number of carboxylic acids is 1. The van der Waals surface area contributed by atoms with Crippen molar-refractivity contribution in [2.24, 2.45) is 0 Å². The number of halogens is 2. The Bertz CT molecular complexity index is 438. The molecule has 0 unspecified atom stereocenters. The molecule has 0 aromatic carbocycles. The van der Waals surface area contributed by atoms with Crippen molar-refractivity contribution in [2.75, 3.05) is 45.8 Å². The van der Waals surface area contributed by atoms with Crippen molar-refractivity contribution >= 4 is 12.0 Å². The molecule has 1 aliphatic heterocycles. The van der Waals surface area contributed by atoms with Gasteiger partial charge in [-0.3, -0.25) is 14.6 Å². The molecule has 2 aliphatic rings. The van der Waals surface area contributed by atoms with Crippen LogP contribution in [0.1, 0.15) is 19.8 Å². The van der Waals surface area contributed by atoms with Crippen LogP contribution in [0.3, 0.4) is 0 Å². The second-order valence-electron chi connectivity index (χ2n) is 6.41. The average molecular weight is 348 g/mol. The molecule has 0 radical (unpaired) electrons. The van der Waals surface area contributed by atoms with E-state index in [4.69, 9.17) is 5.11 Å². The average Bonchev–Trinajstić information content (AvgIpc) is 2.48. The number of hydrogen-bond donors (Lipinski definition) is 2. The molecule has 2 rings (SSSR count). The number of nitrogens with zero attached hydrogens (tertiary/aromatic N) is 3. The first-order chi connectivity index (χ1) is 11.4. The normalized spacial score (nSPS) is 25.0. The van der Waals surface area contributed by atoms with Crippen molar-refractivity contribution in [3.05, 3.63) is 0 Å². The zero-order chi connectivity index (χ0) is 17.7. The molecule has 1 saturated carbocycles. The van der Waals surface area contributed by atoms with E-state index in [1.54, 1.807) is 9.80 Å². The molecule has 138 valence electrons. The van der Waals surface area contributed by atoms with Gasteiger partial charge in [0.05, 0.1) is 13.1 Å². The highest BCUT2D eigenvalue weighted by molar-refractivity contribution is 5.74. The maximum Gasteiger partial charge on any atom is 0.317 e. The number of carbonyl (C=O) groups is 2. The Balaban J connectivity index is 1.67. The predicted molar refractivity (Wildman–Crippen MR) is 84.2 cm³/mol. The van der Waals surface area contributed by atoms with Crippen molar-refractivity contribution in [1.82, 2.24) is 20.0 Å². The fraction of sp³-hybridized carbons (Fsp3) is 0.867. The minimum atomic E-state index is -2.34. The van der Waals surface area contributed by atoms with Crippen LogP contribution in [0.15, 0.2) is 0 Å². The van der Waals surface area contributed by atoms with Gasteiger partial charge in [0.2, 0.25) is 0 Å². The molecule has 0 spiro atoms. The van der Waals surface area contributed by atoms with Crippen molar-refractivity contribution in [2.45, 2.75) is 38.3 Å². The quantitative estimate of drug-likeness (QED) is 0.701. The van der Waals surface area contributed by atoms with Crippen LogP contribution in [0.25, 0.3) is 0 Å². The Morgan fingerprint density at radius 2 is 1.88 bits per heavy atom. The number of nitrogens with one attached hydrogen (secondary N) is 1. The zero-order valence-corrected chi connectivity index (χ0v) is 14.0. The van der Waals surface area contributed by atoms with E-state index in [1.165, 1.54) is 0 Å². The summed E-state index contributed by atoms with van der Waals surface area (Å²) in [5.74, 6) is -0.842. The number of hydrogen-bond acceptors (Lipinski definition) is 4. The van der Waals surface area contributed by atoms with Crippen LogP contribution in [0, 0.1) is 0 Å². The maximum absolute atomic E-state index is 12.3. The minimum Gasteiger partial charge on any atom is -0.480 e. The minimum absolute atomic E-state index is 0.0218. The smallest absolute Gasteiger partial charge is 0.317 e. The molecular weight excluding hydrogens is 322 g/mol. The third-order valence-electron chi connectivity index (χ3n) is 4.76. The van der Waals surface area contributed by atoms with Gasteiger partial charge in [0.1, 0.15) is 0 Å². The van der Waals surface area contributed by atoms with Gasteiger partial charge in [-0.1, -0.05) is 6.92 Å². The molecule has 0 aromatic heterocycles. The number of piperazine rings is 1.